The van der Waals surface area contributed by atoms with Gasteiger partial charge in [-0.25, -0.2) is 0 Å². The Kier molecular flexibility index (Phi) is 7.48. The number of carbonyl (C=O) groups excluding carboxylic acids is 1. The number of hydrogen-bond acceptors (Lipinski definition) is 7. The van der Waals surface area contributed by atoms with Crippen molar-refractivity contribution in [3.05, 3.63) is 29.8 Å². The molecule has 0 unspecified atom stereocenters. The van der Waals surface area contributed by atoms with Crippen molar-refractivity contribution in [1.82, 2.24) is 15.5 Å². The zero-order valence-electron chi connectivity index (χ0n) is 14.0. The van der Waals surface area contributed by atoms with Crippen molar-refractivity contribution in [2.45, 2.75) is 30.6 Å². The number of thioether (sulfide) groups is 1. The number of methoxy groups -OCH3 is 1. The number of carbonyl (C=O) groups is 1. The van der Waals surface area contributed by atoms with Crippen LogP contribution in [0, 0.1) is 0 Å². The van der Waals surface area contributed by atoms with Gasteiger partial charge in [0, 0.05) is 18.8 Å². The smallest absolute Gasteiger partial charge is 0.230 e. The van der Waals surface area contributed by atoms with Crippen LogP contribution in [0.4, 0.5) is 10.8 Å². The molecule has 2 N–H and O–H groups in total. The summed E-state index contributed by atoms with van der Waals surface area (Å²) in [7, 11) is 1.61. The van der Waals surface area contributed by atoms with Crippen LogP contribution in [0.2, 0.25) is 0 Å². The highest BCUT2D eigenvalue weighted by Gasteiger charge is 2.10. The van der Waals surface area contributed by atoms with E-state index in [1.54, 1.807) is 7.11 Å². The highest BCUT2D eigenvalue weighted by molar-refractivity contribution is 8.01. The molecule has 0 aliphatic carbocycles. The summed E-state index contributed by atoms with van der Waals surface area (Å²) in [5.41, 5.74) is 2.27. The first-order valence-electron chi connectivity index (χ1n) is 7.71. The number of hydrogen-bond donors (Lipinski definition) is 2. The molecule has 24 heavy (non-hydrogen) atoms. The Bertz CT molecular complexity index is 646. The first-order valence-corrected chi connectivity index (χ1v) is 9.51. The van der Waals surface area contributed by atoms with Crippen LogP contribution in [-0.4, -0.2) is 41.6 Å². The number of nitrogens with one attached hydrogen (secondary N) is 2. The zero-order valence-corrected chi connectivity index (χ0v) is 15.7. The Balaban J connectivity index is 1.81. The van der Waals surface area contributed by atoms with Gasteiger partial charge in [0.15, 0.2) is 4.34 Å². The molecule has 2 rings (SSSR count). The van der Waals surface area contributed by atoms with Gasteiger partial charge >= 0.3 is 0 Å². The zero-order chi connectivity index (χ0) is 17.4. The van der Waals surface area contributed by atoms with Crippen LogP contribution in [-0.2, 0) is 16.0 Å². The van der Waals surface area contributed by atoms with Gasteiger partial charge in [-0.1, -0.05) is 42.2 Å². The Morgan fingerprint density at radius 3 is 2.75 bits per heavy atom. The highest BCUT2D eigenvalue weighted by atomic mass is 32.2. The number of ether oxygens (including phenoxy) is 1. The fourth-order valence-corrected chi connectivity index (χ4v) is 3.58. The van der Waals surface area contributed by atoms with Crippen LogP contribution in [0.15, 0.2) is 28.6 Å². The standard InChI is InChI=1S/C16H22N4O2S2/c1-4-12-5-7-13(8-6-12)18-15-19-20-16(24-15)23-10-14(21)17-11(2)9-22-3/h5-8,11H,4,9-10H2,1-3H3,(H,17,21)(H,18,19)/t11-/m0/s1. The fourth-order valence-electron chi connectivity index (χ4n) is 2.00. The number of nitrogens with zero attached hydrogens (tertiary/aromatic N) is 2. The molecule has 0 radical (unpaired) electrons. The van der Waals surface area contributed by atoms with Gasteiger partial charge in [0.1, 0.15) is 0 Å². The summed E-state index contributed by atoms with van der Waals surface area (Å²) >= 11 is 2.81. The molecule has 0 saturated heterocycles. The number of aromatic nitrogens is 2. The van der Waals surface area contributed by atoms with Crippen molar-refractivity contribution < 1.29 is 9.53 Å². The lowest BCUT2D eigenvalue weighted by atomic mass is 10.1. The molecule has 8 heteroatoms. The van der Waals surface area contributed by atoms with Gasteiger partial charge in [0.05, 0.1) is 12.4 Å². The molecule has 0 spiro atoms. The van der Waals surface area contributed by atoms with Gasteiger partial charge in [-0.05, 0) is 31.0 Å². The van der Waals surface area contributed by atoms with Crippen LogP contribution in [0.1, 0.15) is 19.4 Å². The minimum absolute atomic E-state index is 0.000778. The third-order valence-electron chi connectivity index (χ3n) is 3.17. The van der Waals surface area contributed by atoms with E-state index in [1.807, 2.05) is 19.1 Å². The summed E-state index contributed by atoms with van der Waals surface area (Å²) in [6.45, 7) is 4.53. The van der Waals surface area contributed by atoms with E-state index in [1.165, 1.54) is 28.7 Å². The predicted molar refractivity (Wildman–Crippen MR) is 99.2 cm³/mol. The summed E-state index contributed by atoms with van der Waals surface area (Å²) in [5, 5.41) is 15.0. The van der Waals surface area contributed by atoms with Crippen LogP contribution >= 0.6 is 23.1 Å². The molecule has 1 aromatic carbocycles. The maximum absolute atomic E-state index is 11.8. The third kappa shape index (κ3) is 6.10. The number of aryl methyl sites for hydroxylation is 1. The molecule has 2 aromatic rings. The van der Waals surface area contributed by atoms with E-state index in [2.05, 4.69) is 39.9 Å². The van der Waals surface area contributed by atoms with E-state index < -0.39 is 0 Å². The largest absolute Gasteiger partial charge is 0.383 e. The SMILES string of the molecule is CCc1ccc(Nc2nnc(SCC(=O)N[C@@H](C)COC)s2)cc1. The molecule has 6 nitrogen and oxygen atoms in total. The molecular weight excluding hydrogens is 344 g/mol. The maximum Gasteiger partial charge on any atom is 0.230 e. The molecule has 0 saturated carbocycles. The average molecular weight is 367 g/mol. The van der Waals surface area contributed by atoms with Crippen molar-refractivity contribution in [1.29, 1.82) is 0 Å². The third-order valence-corrected chi connectivity index (χ3v) is 5.14. The van der Waals surface area contributed by atoms with Crippen molar-refractivity contribution in [2.75, 3.05) is 24.8 Å². The van der Waals surface area contributed by atoms with Gasteiger partial charge < -0.3 is 15.4 Å². The van der Waals surface area contributed by atoms with Crippen LogP contribution in [0.25, 0.3) is 0 Å². The summed E-state index contributed by atoms with van der Waals surface area (Å²) in [4.78, 5) is 11.8. The lowest BCUT2D eigenvalue weighted by Gasteiger charge is -2.11. The molecule has 1 amide bonds. The van der Waals surface area contributed by atoms with Crippen LogP contribution < -0.4 is 10.6 Å². The molecule has 1 atom stereocenters. The van der Waals surface area contributed by atoms with E-state index in [0.29, 0.717) is 12.4 Å². The normalized spacial score (nSPS) is 12.0. The molecule has 1 aromatic heterocycles. The van der Waals surface area contributed by atoms with E-state index in [9.17, 15) is 4.79 Å². The molecule has 130 valence electrons. The minimum atomic E-state index is -0.0376. The second kappa shape index (κ2) is 9.61. The molecule has 1 heterocycles. The summed E-state index contributed by atoms with van der Waals surface area (Å²) in [6, 6.07) is 8.23. The molecule has 0 aliphatic heterocycles. The lowest BCUT2D eigenvalue weighted by molar-refractivity contribution is -0.119. The van der Waals surface area contributed by atoms with Crippen molar-refractivity contribution in [2.24, 2.45) is 0 Å². The average Bonchev–Trinajstić information content (AvgIpc) is 3.01. The monoisotopic (exact) mass is 366 g/mol. The van der Waals surface area contributed by atoms with E-state index in [-0.39, 0.29) is 11.9 Å². The Labute approximate surface area is 150 Å². The van der Waals surface area contributed by atoms with Crippen LogP contribution in [0.3, 0.4) is 0 Å². The number of benzene rings is 1. The van der Waals surface area contributed by atoms with Gasteiger partial charge in [-0.2, -0.15) is 0 Å². The maximum atomic E-state index is 11.8. The molecule has 0 aliphatic rings. The second-order valence-electron chi connectivity index (χ2n) is 5.26. The topological polar surface area (TPSA) is 76.1 Å². The molecule has 0 bridgehead atoms. The molecule has 0 fully saturated rings. The minimum Gasteiger partial charge on any atom is -0.383 e. The van der Waals surface area contributed by atoms with Crippen molar-refractivity contribution in [3.63, 3.8) is 0 Å². The molecular formula is C16H22N4O2S2. The first-order chi connectivity index (χ1) is 11.6. The van der Waals surface area contributed by atoms with E-state index in [0.717, 1.165) is 21.6 Å². The van der Waals surface area contributed by atoms with Gasteiger partial charge in [0.25, 0.3) is 0 Å². The van der Waals surface area contributed by atoms with E-state index >= 15 is 0 Å². The lowest BCUT2D eigenvalue weighted by Crippen LogP contribution is -2.36. The number of anilines is 2. The van der Waals surface area contributed by atoms with Gasteiger partial charge in [-0.15, -0.1) is 10.2 Å². The number of rotatable bonds is 9. The first kappa shape index (κ1) is 18.7. The van der Waals surface area contributed by atoms with Gasteiger partial charge in [-0.3, -0.25) is 4.79 Å². The van der Waals surface area contributed by atoms with Crippen LogP contribution in [0.5, 0.6) is 0 Å². The van der Waals surface area contributed by atoms with E-state index in [4.69, 9.17) is 4.74 Å². The van der Waals surface area contributed by atoms with Crippen molar-refractivity contribution >= 4 is 39.8 Å². The fraction of sp³-hybridized carbons (Fsp3) is 0.438. The van der Waals surface area contributed by atoms with Crippen molar-refractivity contribution in [3.8, 4) is 0 Å². The predicted octanol–water partition coefficient (Wildman–Crippen LogP) is 3.09. The second-order valence-corrected chi connectivity index (χ2v) is 7.46. The summed E-state index contributed by atoms with van der Waals surface area (Å²) in [5.74, 6) is 0.276. The Hall–Kier alpha value is -1.64. The summed E-state index contributed by atoms with van der Waals surface area (Å²) < 4.78 is 5.75. The Morgan fingerprint density at radius 2 is 2.08 bits per heavy atom. The Morgan fingerprint density at radius 1 is 1.33 bits per heavy atom. The number of amides is 1. The highest BCUT2D eigenvalue weighted by Crippen LogP contribution is 2.27. The van der Waals surface area contributed by atoms with Gasteiger partial charge in [0.2, 0.25) is 11.0 Å². The summed E-state index contributed by atoms with van der Waals surface area (Å²) in [6.07, 6.45) is 1.02. The quantitative estimate of drug-likeness (QED) is 0.664.